The zero-order chi connectivity index (χ0) is 23.7. The normalized spacial score (nSPS) is 14.0. The molecule has 10 nitrogen and oxygen atoms in total. The number of carbonyl (C=O) groups excluding carboxylic acids is 1. The standard InChI is InChI=1S/C24H21N5O5/c1-25-22(30)18-19(15-5-3-2-4-6-15)27-33-20(18)23-26-21(28-34-23)16-9-7-14(8-10-16)11-29-12-17(13-29)24(31)32/h2-10,17H,11-13H2,1H3,(H,25,30)(H,31,32). The van der Waals surface area contributed by atoms with Crippen LogP contribution in [0, 0.1) is 5.92 Å². The molecule has 172 valence electrons. The molecule has 34 heavy (non-hydrogen) atoms. The Morgan fingerprint density at radius 2 is 1.76 bits per heavy atom. The SMILES string of the molecule is CNC(=O)c1c(-c2ccccc2)noc1-c1nc(-c2ccc(CN3CC(C(=O)O)C3)cc2)no1. The fourth-order valence-electron chi connectivity index (χ4n) is 3.87. The molecule has 1 fully saturated rings. The van der Waals surface area contributed by atoms with E-state index < -0.39 is 5.97 Å². The summed E-state index contributed by atoms with van der Waals surface area (Å²) in [6, 6.07) is 16.8. The van der Waals surface area contributed by atoms with Crippen LogP contribution in [0.3, 0.4) is 0 Å². The number of hydrogen-bond donors (Lipinski definition) is 2. The highest BCUT2D eigenvalue weighted by Gasteiger charge is 2.32. The Labute approximate surface area is 194 Å². The van der Waals surface area contributed by atoms with E-state index in [-0.39, 0.29) is 29.0 Å². The molecule has 2 N–H and O–H groups in total. The largest absolute Gasteiger partial charge is 0.481 e. The Hall–Kier alpha value is -4.31. The highest BCUT2D eigenvalue weighted by atomic mass is 16.5. The van der Waals surface area contributed by atoms with Gasteiger partial charge in [-0.25, -0.2) is 0 Å². The monoisotopic (exact) mass is 459 g/mol. The lowest BCUT2D eigenvalue weighted by molar-refractivity contribution is -0.147. The summed E-state index contributed by atoms with van der Waals surface area (Å²) < 4.78 is 10.9. The zero-order valence-electron chi connectivity index (χ0n) is 18.3. The highest BCUT2D eigenvalue weighted by Crippen LogP contribution is 2.32. The summed E-state index contributed by atoms with van der Waals surface area (Å²) in [5.74, 6) is -0.920. The summed E-state index contributed by atoms with van der Waals surface area (Å²) in [7, 11) is 1.52. The lowest BCUT2D eigenvalue weighted by Gasteiger charge is -2.36. The molecular formula is C24H21N5O5. The minimum Gasteiger partial charge on any atom is -0.481 e. The molecule has 4 aromatic rings. The summed E-state index contributed by atoms with van der Waals surface area (Å²) in [6.07, 6.45) is 0. The Balaban J connectivity index is 1.37. The van der Waals surface area contributed by atoms with Gasteiger partial charge < -0.3 is 19.5 Å². The average Bonchev–Trinajstić information content (AvgIpc) is 3.49. The van der Waals surface area contributed by atoms with Crippen LogP contribution in [-0.2, 0) is 11.3 Å². The number of rotatable bonds is 7. The number of likely N-dealkylation sites (tertiary alicyclic amines) is 1. The van der Waals surface area contributed by atoms with E-state index in [9.17, 15) is 9.59 Å². The van der Waals surface area contributed by atoms with Gasteiger partial charge in [-0.15, -0.1) is 0 Å². The van der Waals surface area contributed by atoms with Crippen LogP contribution < -0.4 is 5.32 Å². The minimum atomic E-state index is -0.748. The molecule has 0 saturated carbocycles. The van der Waals surface area contributed by atoms with E-state index >= 15 is 0 Å². The van der Waals surface area contributed by atoms with Crippen molar-refractivity contribution >= 4 is 11.9 Å². The molecule has 0 spiro atoms. The molecule has 0 unspecified atom stereocenters. The van der Waals surface area contributed by atoms with Gasteiger partial charge in [-0.2, -0.15) is 4.98 Å². The second kappa shape index (κ2) is 8.91. The summed E-state index contributed by atoms with van der Waals surface area (Å²) in [5, 5.41) is 19.7. The number of nitrogens with zero attached hydrogens (tertiary/aromatic N) is 4. The summed E-state index contributed by atoms with van der Waals surface area (Å²) >= 11 is 0. The van der Waals surface area contributed by atoms with E-state index in [1.165, 1.54) is 7.05 Å². The molecule has 0 aliphatic carbocycles. The first kappa shape index (κ1) is 21.5. The molecule has 0 bridgehead atoms. The maximum atomic E-state index is 12.6. The van der Waals surface area contributed by atoms with Crippen LogP contribution in [0.25, 0.3) is 34.3 Å². The van der Waals surface area contributed by atoms with Crippen LogP contribution in [0.15, 0.2) is 63.6 Å². The minimum absolute atomic E-state index is 0.0487. The van der Waals surface area contributed by atoms with Crippen LogP contribution in [-0.4, -0.2) is 57.3 Å². The molecule has 10 heteroatoms. The molecule has 0 radical (unpaired) electrons. The number of benzene rings is 2. The van der Waals surface area contributed by atoms with E-state index in [4.69, 9.17) is 14.2 Å². The van der Waals surface area contributed by atoms with E-state index in [0.29, 0.717) is 31.2 Å². The Kier molecular flexibility index (Phi) is 5.64. The highest BCUT2D eigenvalue weighted by molar-refractivity contribution is 6.04. The van der Waals surface area contributed by atoms with Gasteiger partial charge in [-0.05, 0) is 5.56 Å². The number of aromatic nitrogens is 3. The first-order chi connectivity index (χ1) is 16.5. The number of amides is 1. The van der Waals surface area contributed by atoms with Crippen molar-refractivity contribution < 1.29 is 23.7 Å². The van der Waals surface area contributed by atoms with Gasteiger partial charge in [-0.3, -0.25) is 14.5 Å². The predicted octanol–water partition coefficient (Wildman–Crippen LogP) is 2.93. The van der Waals surface area contributed by atoms with Crippen LogP contribution in [0.1, 0.15) is 15.9 Å². The van der Waals surface area contributed by atoms with E-state index in [1.807, 2.05) is 54.6 Å². The average molecular weight is 459 g/mol. The number of carboxylic acids is 1. The van der Waals surface area contributed by atoms with Crippen molar-refractivity contribution in [3.05, 3.63) is 65.7 Å². The van der Waals surface area contributed by atoms with Gasteiger partial charge in [0.15, 0.2) is 0 Å². The quantitative estimate of drug-likeness (QED) is 0.428. The van der Waals surface area contributed by atoms with E-state index in [2.05, 4.69) is 25.5 Å². The molecule has 0 atom stereocenters. The third-order valence-corrected chi connectivity index (χ3v) is 5.74. The molecule has 1 amide bonds. The van der Waals surface area contributed by atoms with Gasteiger partial charge in [0, 0.05) is 37.8 Å². The maximum absolute atomic E-state index is 12.6. The van der Waals surface area contributed by atoms with Gasteiger partial charge in [0.25, 0.3) is 11.8 Å². The van der Waals surface area contributed by atoms with E-state index in [0.717, 1.165) is 16.7 Å². The van der Waals surface area contributed by atoms with Crippen molar-refractivity contribution in [2.24, 2.45) is 5.92 Å². The van der Waals surface area contributed by atoms with Crippen molar-refractivity contribution in [1.82, 2.24) is 25.5 Å². The summed E-state index contributed by atoms with van der Waals surface area (Å²) in [5.41, 5.74) is 3.11. The van der Waals surface area contributed by atoms with E-state index in [1.54, 1.807) is 0 Å². The first-order valence-electron chi connectivity index (χ1n) is 10.7. The van der Waals surface area contributed by atoms with Gasteiger partial charge in [0.2, 0.25) is 11.6 Å². The van der Waals surface area contributed by atoms with Crippen molar-refractivity contribution in [2.45, 2.75) is 6.54 Å². The van der Waals surface area contributed by atoms with Gasteiger partial charge >= 0.3 is 5.97 Å². The molecular weight excluding hydrogens is 438 g/mol. The maximum Gasteiger partial charge on any atom is 0.309 e. The third-order valence-electron chi connectivity index (χ3n) is 5.74. The Bertz CT molecular complexity index is 1320. The fourth-order valence-corrected chi connectivity index (χ4v) is 3.87. The third kappa shape index (κ3) is 4.06. The Morgan fingerprint density at radius 1 is 1.03 bits per heavy atom. The number of nitrogens with one attached hydrogen (secondary N) is 1. The Morgan fingerprint density at radius 3 is 2.44 bits per heavy atom. The smallest absolute Gasteiger partial charge is 0.309 e. The number of carboxylic acid groups (broad SMARTS) is 1. The van der Waals surface area contributed by atoms with Crippen LogP contribution in [0.5, 0.6) is 0 Å². The van der Waals surface area contributed by atoms with Crippen LogP contribution in [0.4, 0.5) is 0 Å². The van der Waals surface area contributed by atoms with Crippen molar-refractivity contribution in [3.63, 3.8) is 0 Å². The van der Waals surface area contributed by atoms with Crippen LogP contribution in [0.2, 0.25) is 0 Å². The molecule has 2 aromatic heterocycles. The number of aliphatic carboxylic acids is 1. The van der Waals surface area contributed by atoms with Gasteiger partial charge in [0.05, 0.1) is 5.92 Å². The fraction of sp³-hybridized carbons (Fsp3) is 0.208. The lowest BCUT2D eigenvalue weighted by atomic mass is 9.99. The van der Waals surface area contributed by atoms with Crippen molar-refractivity contribution in [3.8, 4) is 34.3 Å². The first-order valence-corrected chi connectivity index (χ1v) is 10.7. The molecule has 3 heterocycles. The second-order valence-corrected chi connectivity index (χ2v) is 8.03. The van der Waals surface area contributed by atoms with Crippen molar-refractivity contribution in [2.75, 3.05) is 20.1 Å². The molecule has 2 aromatic carbocycles. The van der Waals surface area contributed by atoms with Crippen LogP contribution >= 0.6 is 0 Å². The van der Waals surface area contributed by atoms with Crippen molar-refractivity contribution in [1.29, 1.82) is 0 Å². The number of hydrogen-bond acceptors (Lipinski definition) is 8. The molecule has 1 saturated heterocycles. The topological polar surface area (TPSA) is 135 Å². The second-order valence-electron chi connectivity index (χ2n) is 8.03. The number of carbonyl (C=O) groups is 2. The summed E-state index contributed by atoms with van der Waals surface area (Å²) in [6.45, 7) is 1.79. The lowest BCUT2D eigenvalue weighted by Crippen LogP contribution is -2.49. The summed E-state index contributed by atoms with van der Waals surface area (Å²) in [4.78, 5) is 30.1. The molecule has 1 aliphatic rings. The molecule has 5 rings (SSSR count). The zero-order valence-corrected chi connectivity index (χ0v) is 18.3. The van der Waals surface area contributed by atoms with Gasteiger partial charge in [0.1, 0.15) is 11.3 Å². The molecule has 1 aliphatic heterocycles. The van der Waals surface area contributed by atoms with Gasteiger partial charge in [-0.1, -0.05) is 64.9 Å². The predicted molar refractivity (Wildman–Crippen MR) is 120 cm³/mol.